The van der Waals surface area contributed by atoms with Crippen LogP contribution >= 0.6 is 0 Å². The van der Waals surface area contributed by atoms with Crippen molar-refractivity contribution >= 4 is 17.9 Å². The number of hydrogen-bond acceptors (Lipinski definition) is 4. The number of piperazine rings is 1. The molecule has 0 radical (unpaired) electrons. The molecule has 2 fully saturated rings. The maximum atomic E-state index is 12.8. The molecule has 0 aliphatic carbocycles. The molecule has 182 valence electrons. The third kappa shape index (κ3) is 5.95. The first-order valence-electron chi connectivity index (χ1n) is 12.5. The van der Waals surface area contributed by atoms with Gasteiger partial charge in [-0.1, -0.05) is 29.8 Å². The molecule has 1 aromatic carbocycles. The van der Waals surface area contributed by atoms with Crippen LogP contribution in [0, 0.1) is 20.8 Å². The van der Waals surface area contributed by atoms with Crippen molar-refractivity contribution in [2.45, 2.75) is 46.6 Å². The Morgan fingerprint density at radius 3 is 2.24 bits per heavy atom. The summed E-state index contributed by atoms with van der Waals surface area (Å²) in [6, 6.07) is 8.49. The second-order valence-corrected chi connectivity index (χ2v) is 9.60. The molecule has 7 heteroatoms. The molecular weight excluding hydrogens is 426 g/mol. The summed E-state index contributed by atoms with van der Waals surface area (Å²) < 4.78 is 2.00. The summed E-state index contributed by atoms with van der Waals surface area (Å²) in [6.45, 7) is 11.9. The molecule has 0 bridgehead atoms. The number of benzene rings is 1. The predicted molar refractivity (Wildman–Crippen MR) is 134 cm³/mol. The molecule has 2 saturated heterocycles. The highest BCUT2D eigenvalue weighted by molar-refractivity contribution is 5.92. The van der Waals surface area contributed by atoms with Gasteiger partial charge in [0.25, 0.3) is 0 Å². The third-order valence-electron chi connectivity index (χ3n) is 7.03. The van der Waals surface area contributed by atoms with Crippen molar-refractivity contribution in [3.63, 3.8) is 0 Å². The van der Waals surface area contributed by atoms with Crippen LogP contribution in [0.25, 0.3) is 6.08 Å². The van der Waals surface area contributed by atoms with Gasteiger partial charge in [-0.2, -0.15) is 5.10 Å². The van der Waals surface area contributed by atoms with Gasteiger partial charge in [-0.3, -0.25) is 19.2 Å². The van der Waals surface area contributed by atoms with E-state index in [1.54, 1.807) is 6.08 Å². The number of carbonyl (C=O) groups excluding carboxylic acids is 2. The van der Waals surface area contributed by atoms with Crippen molar-refractivity contribution in [2.24, 2.45) is 0 Å². The van der Waals surface area contributed by atoms with E-state index in [4.69, 9.17) is 5.10 Å². The summed E-state index contributed by atoms with van der Waals surface area (Å²) in [4.78, 5) is 31.4. The van der Waals surface area contributed by atoms with Crippen molar-refractivity contribution in [3.8, 4) is 0 Å². The lowest BCUT2D eigenvalue weighted by molar-refractivity contribution is -0.134. The predicted octanol–water partition coefficient (Wildman–Crippen LogP) is 3.03. The molecule has 0 N–H and O–H groups in total. The summed E-state index contributed by atoms with van der Waals surface area (Å²) in [5.74, 6) is 0.250. The first kappa shape index (κ1) is 24.2. The fourth-order valence-corrected chi connectivity index (χ4v) is 4.79. The van der Waals surface area contributed by atoms with Crippen LogP contribution < -0.4 is 0 Å². The van der Waals surface area contributed by atoms with Gasteiger partial charge in [-0.15, -0.1) is 0 Å². The van der Waals surface area contributed by atoms with Crippen LogP contribution in [0.4, 0.5) is 0 Å². The number of aromatic nitrogens is 2. The van der Waals surface area contributed by atoms with Crippen molar-refractivity contribution in [1.82, 2.24) is 24.5 Å². The minimum atomic E-state index is 0.0205. The van der Waals surface area contributed by atoms with E-state index in [0.717, 1.165) is 56.0 Å². The highest BCUT2D eigenvalue weighted by Gasteiger charge is 2.24. The van der Waals surface area contributed by atoms with Gasteiger partial charge >= 0.3 is 0 Å². The Morgan fingerprint density at radius 2 is 1.56 bits per heavy atom. The Kier molecular flexibility index (Phi) is 7.83. The number of nitrogens with zero attached hydrogens (tertiary/aromatic N) is 5. The second kappa shape index (κ2) is 11.0. The molecule has 4 rings (SSSR count). The monoisotopic (exact) mass is 463 g/mol. The molecule has 1 aromatic heterocycles. The van der Waals surface area contributed by atoms with Crippen LogP contribution in [-0.4, -0.2) is 82.1 Å². The number of carbonyl (C=O) groups is 2. The maximum absolute atomic E-state index is 12.8. The first-order chi connectivity index (χ1) is 16.4. The minimum Gasteiger partial charge on any atom is -0.342 e. The number of hydrogen-bond donors (Lipinski definition) is 0. The molecule has 7 nitrogen and oxygen atoms in total. The fraction of sp³-hybridized carbons (Fsp3) is 0.519. The lowest BCUT2D eigenvalue weighted by atomic mass is 10.1. The van der Waals surface area contributed by atoms with Crippen LogP contribution in [0.1, 0.15) is 47.3 Å². The SMILES string of the molecule is Cc1ccc(Cn2nc(C)c(/C=C/C(=O)N3CCN(CC(=O)N4CCCCC4)CC3)c2C)cc1. The lowest BCUT2D eigenvalue weighted by Gasteiger charge is -2.35. The molecule has 0 saturated carbocycles. The Morgan fingerprint density at radius 1 is 0.882 bits per heavy atom. The molecule has 34 heavy (non-hydrogen) atoms. The van der Waals surface area contributed by atoms with Gasteiger partial charge < -0.3 is 9.80 Å². The highest BCUT2D eigenvalue weighted by Crippen LogP contribution is 2.17. The van der Waals surface area contributed by atoms with E-state index < -0.39 is 0 Å². The molecule has 0 unspecified atom stereocenters. The van der Waals surface area contributed by atoms with Crippen LogP contribution in [0.3, 0.4) is 0 Å². The van der Waals surface area contributed by atoms with Crippen molar-refractivity contribution in [1.29, 1.82) is 0 Å². The highest BCUT2D eigenvalue weighted by atomic mass is 16.2. The van der Waals surface area contributed by atoms with E-state index in [0.29, 0.717) is 26.2 Å². The number of rotatable bonds is 6. The zero-order valence-corrected chi connectivity index (χ0v) is 20.8. The van der Waals surface area contributed by atoms with Gasteiger partial charge in [0, 0.05) is 56.6 Å². The molecule has 2 aliphatic rings. The van der Waals surface area contributed by atoms with Gasteiger partial charge in [0.2, 0.25) is 11.8 Å². The minimum absolute atomic E-state index is 0.0205. The second-order valence-electron chi connectivity index (χ2n) is 9.60. The van der Waals surface area contributed by atoms with Crippen LogP contribution in [0.5, 0.6) is 0 Å². The molecule has 2 aliphatic heterocycles. The average molecular weight is 464 g/mol. The topological polar surface area (TPSA) is 61.7 Å². The number of aryl methyl sites for hydroxylation is 2. The Balaban J connectivity index is 1.29. The van der Waals surface area contributed by atoms with Crippen LogP contribution in [0.15, 0.2) is 30.3 Å². The van der Waals surface area contributed by atoms with E-state index in [2.05, 4.69) is 43.0 Å². The zero-order chi connectivity index (χ0) is 24.1. The van der Waals surface area contributed by atoms with Crippen molar-refractivity contribution in [3.05, 3.63) is 58.4 Å². The van der Waals surface area contributed by atoms with Gasteiger partial charge in [0.05, 0.1) is 18.8 Å². The smallest absolute Gasteiger partial charge is 0.246 e. The quantitative estimate of drug-likeness (QED) is 0.618. The summed E-state index contributed by atoms with van der Waals surface area (Å²) >= 11 is 0. The molecular formula is C27H37N5O2. The van der Waals surface area contributed by atoms with E-state index in [1.165, 1.54) is 17.5 Å². The Labute approximate surface area is 203 Å². The molecule has 0 atom stereocenters. The summed E-state index contributed by atoms with van der Waals surface area (Å²) in [5.41, 5.74) is 5.44. The zero-order valence-electron chi connectivity index (χ0n) is 20.8. The fourth-order valence-electron chi connectivity index (χ4n) is 4.79. The van der Waals surface area contributed by atoms with E-state index in [-0.39, 0.29) is 11.8 Å². The van der Waals surface area contributed by atoms with E-state index in [9.17, 15) is 9.59 Å². The van der Waals surface area contributed by atoms with Gasteiger partial charge in [0.1, 0.15) is 0 Å². The Bertz CT molecular complexity index is 1030. The van der Waals surface area contributed by atoms with Crippen LogP contribution in [0.2, 0.25) is 0 Å². The van der Waals surface area contributed by atoms with E-state index >= 15 is 0 Å². The molecule has 0 spiro atoms. The van der Waals surface area contributed by atoms with Crippen molar-refractivity contribution in [2.75, 3.05) is 45.8 Å². The van der Waals surface area contributed by atoms with Gasteiger partial charge in [-0.05, 0) is 51.7 Å². The average Bonchev–Trinajstić information content (AvgIpc) is 3.12. The summed E-state index contributed by atoms with van der Waals surface area (Å²) in [6.07, 6.45) is 7.03. The van der Waals surface area contributed by atoms with E-state index in [1.807, 2.05) is 27.5 Å². The molecule has 2 aromatic rings. The normalized spacial score (nSPS) is 17.5. The van der Waals surface area contributed by atoms with Gasteiger partial charge in [-0.25, -0.2) is 0 Å². The number of amides is 2. The van der Waals surface area contributed by atoms with Gasteiger partial charge in [0.15, 0.2) is 0 Å². The van der Waals surface area contributed by atoms with Crippen molar-refractivity contribution < 1.29 is 9.59 Å². The standard InChI is InChI=1S/C27H37N5O2/c1-21-7-9-24(10-8-21)19-32-23(3)25(22(2)28-32)11-12-26(33)31-17-15-29(16-18-31)20-27(34)30-13-5-4-6-14-30/h7-12H,4-6,13-20H2,1-3H3/b12-11+. The summed E-state index contributed by atoms with van der Waals surface area (Å²) in [7, 11) is 0. The Hall–Kier alpha value is -2.93. The largest absolute Gasteiger partial charge is 0.342 e. The molecule has 3 heterocycles. The maximum Gasteiger partial charge on any atom is 0.246 e. The molecule has 2 amide bonds. The lowest BCUT2D eigenvalue weighted by Crippen LogP contribution is -2.51. The summed E-state index contributed by atoms with van der Waals surface area (Å²) in [5, 5.41) is 4.69. The number of piperidine rings is 1. The first-order valence-corrected chi connectivity index (χ1v) is 12.5. The third-order valence-corrected chi connectivity index (χ3v) is 7.03. The number of likely N-dealkylation sites (tertiary alicyclic amines) is 1. The van der Waals surface area contributed by atoms with Crippen LogP contribution in [-0.2, 0) is 16.1 Å².